The van der Waals surface area contributed by atoms with Gasteiger partial charge in [-0.15, -0.1) is 0 Å². The highest BCUT2D eigenvalue weighted by Gasteiger charge is 2.47. The Morgan fingerprint density at radius 2 is 1.01 bits per heavy atom. The fraction of sp³-hybridized carbons (Fsp3) is 0.531. The maximum Gasteiger partial charge on any atom is 0.264 e. The molecule has 2 saturated carbocycles. The number of benzene rings is 4. The molecule has 10 atom stereocenters. The van der Waals surface area contributed by atoms with Gasteiger partial charge in [-0.25, -0.2) is 26.3 Å². The van der Waals surface area contributed by atoms with Gasteiger partial charge in [-0.3, -0.25) is 9.59 Å². The molecule has 4 bridgehead atoms. The Morgan fingerprint density at radius 1 is 0.585 bits per heavy atom. The number of amides is 2. The van der Waals surface area contributed by atoms with Gasteiger partial charge in [-0.2, -0.15) is 0 Å². The molecule has 4 aromatic rings. The summed E-state index contributed by atoms with van der Waals surface area (Å²) in [6.45, 7) is 7.47. The molecule has 4 aromatic carbocycles. The summed E-state index contributed by atoms with van der Waals surface area (Å²) in [7, 11) is -7.75. The van der Waals surface area contributed by atoms with E-state index < -0.39 is 54.6 Å². The zero-order valence-corrected chi connectivity index (χ0v) is 50.2. The van der Waals surface area contributed by atoms with E-state index in [1.54, 1.807) is 36.4 Å². The van der Waals surface area contributed by atoms with Crippen LogP contribution in [0, 0.1) is 23.7 Å². The summed E-state index contributed by atoms with van der Waals surface area (Å²) >= 11 is 12.8. The Balaban J connectivity index is 0.000000172. The number of hydrogen-bond donors (Lipinski definition) is 4. The summed E-state index contributed by atoms with van der Waals surface area (Å²) in [4.78, 5) is 31.3. The van der Waals surface area contributed by atoms with Gasteiger partial charge in [0.1, 0.15) is 11.5 Å². The van der Waals surface area contributed by atoms with Gasteiger partial charge in [0.25, 0.3) is 11.8 Å². The molecular formula is C64H78Cl2N4O10S2. The van der Waals surface area contributed by atoms with E-state index >= 15 is 0 Å². The SMILES string of the molecule is CC[C@@H]1CC/C=C/[C@H](O)[C@@H]2CC[C@H]2CN2C[C@@]3(CCCc4cc(Cl)ccc43)COc3ccc(cc32)C(=O)NS1(=O)=O.CC[C@H]1CC/C=C/[C@H](O)[C@@H]2CC[C@H]2CN2C[C@@]3(CCCc4cc(Cl)ccc43)COc3ccc(cc32)C(=O)NS1(=O)=O. The number of carbonyl (C=O) groups is 2. The van der Waals surface area contributed by atoms with Crippen molar-refractivity contribution >= 4 is 66.4 Å². The van der Waals surface area contributed by atoms with Gasteiger partial charge in [-0.05, 0) is 209 Å². The molecule has 4 N–H and O–H groups in total. The topological polar surface area (TPSA) is 192 Å². The fourth-order valence-corrected chi connectivity index (χ4v) is 17.9. The van der Waals surface area contributed by atoms with Crippen LogP contribution in [0.25, 0.3) is 0 Å². The van der Waals surface area contributed by atoms with Crippen molar-refractivity contribution in [2.45, 2.75) is 150 Å². The molecule has 4 aliphatic carbocycles. The van der Waals surface area contributed by atoms with Crippen molar-refractivity contribution in [1.82, 2.24) is 9.44 Å². The van der Waals surface area contributed by atoms with Gasteiger partial charge >= 0.3 is 0 Å². The zero-order chi connectivity index (χ0) is 57.6. The van der Waals surface area contributed by atoms with Crippen molar-refractivity contribution in [3.63, 3.8) is 0 Å². The molecule has 82 heavy (non-hydrogen) atoms. The van der Waals surface area contributed by atoms with Crippen molar-refractivity contribution in [3.8, 4) is 11.5 Å². The number of nitrogens with one attached hydrogen (secondary N) is 2. The second-order valence-corrected chi connectivity index (χ2v) is 29.4. The van der Waals surface area contributed by atoms with Crippen LogP contribution in [-0.4, -0.2) is 101 Å². The van der Waals surface area contributed by atoms with Crippen molar-refractivity contribution < 1.29 is 46.1 Å². The van der Waals surface area contributed by atoms with E-state index in [4.69, 9.17) is 32.7 Å². The van der Waals surface area contributed by atoms with E-state index in [1.807, 2.05) is 50.3 Å². The molecule has 440 valence electrons. The lowest BCUT2D eigenvalue weighted by atomic mass is 9.68. The number of aliphatic hydroxyl groups excluding tert-OH is 2. The Kier molecular flexibility index (Phi) is 17.2. The number of ether oxygens (including phenoxy) is 2. The molecule has 2 spiro atoms. The lowest BCUT2D eigenvalue weighted by Gasteiger charge is -2.45. The van der Waals surface area contributed by atoms with Gasteiger partial charge in [0.15, 0.2) is 0 Å². The van der Waals surface area contributed by atoms with Crippen LogP contribution in [0.3, 0.4) is 0 Å². The maximum atomic E-state index is 13.3. The molecule has 2 amide bonds. The number of carbonyl (C=O) groups excluding carboxylic acids is 2. The molecule has 0 unspecified atom stereocenters. The van der Waals surface area contributed by atoms with Crippen LogP contribution in [0.4, 0.5) is 11.4 Å². The summed E-state index contributed by atoms with van der Waals surface area (Å²) in [5.41, 5.74) is 6.69. The van der Waals surface area contributed by atoms with E-state index in [0.717, 1.165) is 98.7 Å². The Morgan fingerprint density at radius 3 is 1.40 bits per heavy atom. The minimum atomic E-state index is -3.87. The Hall–Kier alpha value is -5.10. The number of aliphatic hydroxyl groups is 2. The van der Waals surface area contributed by atoms with Crippen molar-refractivity contribution in [2.24, 2.45) is 23.7 Å². The third-order valence-corrected chi connectivity index (χ3v) is 23.9. The first-order chi connectivity index (χ1) is 39.4. The Bertz CT molecular complexity index is 3140. The van der Waals surface area contributed by atoms with Crippen LogP contribution < -0.4 is 28.7 Å². The highest BCUT2D eigenvalue weighted by atomic mass is 35.5. The maximum absolute atomic E-state index is 13.3. The number of aryl methyl sites for hydroxylation is 2. The summed E-state index contributed by atoms with van der Waals surface area (Å²) in [5.74, 6) is 0.983. The van der Waals surface area contributed by atoms with Gasteiger partial charge < -0.3 is 29.5 Å². The first-order valence-electron chi connectivity index (χ1n) is 29.8. The molecule has 0 radical (unpaired) electrons. The number of fused-ring (bicyclic) bond motifs is 8. The molecule has 0 saturated heterocycles. The monoisotopic (exact) mass is 1200 g/mol. The molecular weight excluding hydrogens is 1120 g/mol. The number of halogens is 2. The van der Waals surface area contributed by atoms with Crippen molar-refractivity contribution in [3.05, 3.63) is 141 Å². The molecule has 0 aromatic heterocycles. The number of allylic oxidation sites excluding steroid dienone is 2. The van der Waals surface area contributed by atoms with E-state index in [0.29, 0.717) is 99.3 Å². The van der Waals surface area contributed by atoms with Crippen molar-refractivity contribution in [1.29, 1.82) is 0 Å². The molecule has 12 rings (SSSR count). The summed E-state index contributed by atoms with van der Waals surface area (Å²) in [6.07, 6.45) is 18.8. The van der Waals surface area contributed by atoms with Gasteiger partial charge in [0.05, 0.1) is 47.3 Å². The predicted molar refractivity (Wildman–Crippen MR) is 323 cm³/mol. The van der Waals surface area contributed by atoms with Crippen LogP contribution >= 0.6 is 23.2 Å². The standard InChI is InChI=1S/2C32H39ClN2O5S/c2*1-2-25-7-3-4-8-29(36)26-12-9-23(26)18-35-19-32(15-5-6-21-16-24(33)11-13-27(21)32)20-40-30-14-10-22(17-28(30)35)31(37)34-41(25,38)39/h2*4,8,10-11,13-14,16-17,23,25-26,29,36H,2-3,5-7,9,12,15,18-20H2,1H3,(H,34,37)/b2*8-4+/t23-,25+,26+,29-,32-;23-,25-,26+,29-,32-/m00/s1. The first-order valence-corrected chi connectivity index (χ1v) is 33.7. The number of sulfonamides is 2. The highest BCUT2D eigenvalue weighted by Crippen LogP contribution is 2.49. The quantitative estimate of drug-likeness (QED) is 0.139. The fourth-order valence-electron chi connectivity index (χ4n) is 14.6. The minimum absolute atomic E-state index is 0.136. The van der Waals surface area contributed by atoms with Gasteiger partial charge in [0.2, 0.25) is 20.0 Å². The zero-order valence-electron chi connectivity index (χ0n) is 47.0. The normalized spacial score (nSPS) is 32.0. The third-order valence-electron chi connectivity index (χ3n) is 19.6. The summed E-state index contributed by atoms with van der Waals surface area (Å²) in [5, 5.41) is 22.2. The largest absolute Gasteiger partial charge is 0.490 e. The summed E-state index contributed by atoms with van der Waals surface area (Å²) in [6, 6.07) is 22.8. The number of hydrogen-bond acceptors (Lipinski definition) is 12. The average molecular weight is 1200 g/mol. The highest BCUT2D eigenvalue weighted by molar-refractivity contribution is 7.91. The molecule has 2 fully saturated rings. The van der Waals surface area contributed by atoms with E-state index in [-0.39, 0.29) is 22.7 Å². The van der Waals surface area contributed by atoms with Crippen LogP contribution in [0.5, 0.6) is 11.5 Å². The molecule has 8 aliphatic rings. The smallest absolute Gasteiger partial charge is 0.264 e. The lowest BCUT2D eigenvalue weighted by Crippen LogP contribution is -2.49. The summed E-state index contributed by atoms with van der Waals surface area (Å²) < 4.78 is 70.3. The van der Waals surface area contributed by atoms with E-state index in [2.05, 4.69) is 43.5 Å². The van der Waals surface area contributed by atoms with Gasteiger partial charge in [0, 0.05) is 58.2 Å². The second kappa shape index (κ2) is 24.1. The number of nitrogens with zero attached hydrogens (tertiary/aromatic N) is 2. The van der Waals surface area contributed by atoms with Gasteiger partial charge in [-0.1, -0.05) is 73.5 Å². The number of anilines is 2. The Labute approximate surface area is 494 Å². The molecule has 14 nitrogen and oxygen atoms in total. The minimum Gasteiger partial charge on any atom is -0.490 e. The van der Waals surface area contributed by atoms with Crippen LogP contribution in [0.2, 0.25) is 10.0 Å². The third kappa shape index (κ3) is 12.0. The number of rotatable bonds is 2. The van der Waals surface area contributed by atoms with Crippen molar-refractivity contribution in [2.75, 3.05) is 49.2 Å². The second-order valence-electron chi connectivity index (χ2n) is 24.6. The van der Waals surface area contributed by atoms with Crippen LogP contribution in [0.1, 0.15) is 147 Å². The van der Waals surface area contributed by atoms with E-state index in [1.165, 1.54) is 22.3 Å². The molecule has 18 heteroatoms. The predicted octanol–water partition coefficient (Wildman–Crippen LogP) is 10.8. The lowest BCUT2D eigenvalue weighted by molar-refractivity contribution is 0.0454. The average Bonchev–Trinajstić information content (AvgIpc) is 2.80. The molecule has 4 heterocycles. The molecule has 4 aliphatic heterocycles. The van der Waals surface area contributed by atoms with Crippen LogP contribution in [-0.2, 0) is 43.7 Å². The first kappa shape index (κ1) is 58.7. The van der Waals surface area contributed by atoms with E-state index in [9.17, 15) is 36.6 Å². The van der Waals surface area contributed by atoms with Crippen LogP contribution in [0.15, 0.2) is 97.1 Å².